The first-order valence-corrected chi connectivity index (χ1v) is 18.4. The molecule has 14 heteroatoms. The van der Waals surface area contributed by atoms with Crippen LogP contribution in [0.5, 0.6) is 0 Å². The molecule has 2 amide bonds. The Hall–Kier alpha value is -3.91. The lowest BCUT2D eigenvalue weighted by Gasteiger charge is -2.37. The molecular formula is C36H44N4O8S2. The van der Waals surface area contributed by atoms with Crippen molar-refractivity contribution in [1.82, 2.24) is 14.8 Å². The molecule has 3 fully saturated rings. The van der Waals surface area contributed by atoms with Crippen LogP contribution in [-0.2, 0) is 28.8 Å². The van der Waals surface area contributed by atoms with E-state index in [1.54, 1.807) is 22.1 Å². The first kappa shape index (κ1) is 37.3. The van der Waals surface area contributed by atoms with Crippen molar-refractivity contribution in [3.63, 3.8) is 0 Å². The molecule has 268 valence electrons. The number of carbonyl (C=O) groups excluding carboxylic acids is 5. The summed E-state index contributed by atoms with van der Waals surface area (Å²) in [7, 11) is 0. The minimum Gasteiger partial charge on any atom is -0.478 e. The van der Waals surface area contributed by atoms with Gasteiger partial charge in [0.05, 0.1) is 10.9 Å². The third-order valence-electron chi connectivity index (χ3n) is 10.5. The van der Waals surface area contributed by atoms with E-state index < -0.39 is 45.2 Å². The molecule has 3 unspecified atom stereocenters. The van der Waals surface area contributed by atoms with Crippen LogP contribution in [0.25, 0.3) is 0 Å². The number of fused-ring (bicyclic) bond motifs is 1. The molecule has 1 saturated carbocycles. The van der Waals surface area contributed by atoms with Crippen LogP contribution in [0.15, 0.2) is 22.7 Å². The van der Waals surface area contributed by atoms with Crippen LogP contribution in [0.4, 0.5) is 4.79 Å². The van der Waals surface area contributed by atoms with Crippen molar-refractivity contribution in [1.29, 1.82) is 0 Å². The normalized spacial score (nSPS) is 25.7. The molecule has 0 radical (unpaired) electrons. The fourth-order valence-corrected chi connectivity index (χ4v) is 9.63. The maximum atomic E-state index is 14.2. The summed E-state index contributed by atoms with van der Waals surface area (Å²) in [6, 6.07) is 3.28. The molecule has 1 aliphatic carbocycles. The standard InChI is InChI=1S/C36H44N4O8S2/c1-17-10-11-24(20(4)19(17)3)27(21(5)41)15-39-18(2)14-40(34(39)47)36(22(6)42)13-26-31(44)25(32(26)50-36)12-29(43)30(28-16-49-23(7)37-28)38-48-35(8,9)33(45)46/h10-11,16,18,25-27,32H,12-15H2,1-9H3,(H,45,46)/b38-30-/t18?,25-,26?,27?,32-,36-/m1/s1. The number of carbonyl (C=O) groups is 6. The van der Waals surface area contributed by atoms with E-state index in [1.165, 1.54) is 50.8 Å². The number of oxime groups is 1. The molecule has 1 aromatic carbocycles. The number of hydrogen-bond acceptors (Lipinski definition) is 11. The van der Waals surface area contributed by atoms with Gasteiger partial charge in [0.25, 0.3) is 0 Å². The van der Waals surface area contributed by atoms with Crippen LogP contribution < -0.4 is 0 Å². The number of carboxylic acids is 1. The van der Waals surface area contributed by atoms with Crippen molar-refractivity contribution >= 4 is 63.9 Å². The Bertz CT molecular complexity index is 1820. The topological polar surface area (TPSA) is 164 Å². The molecule has 5 rings (SSSR count). The molecular weight excluding hydrogens is 681 g/mol. The predicted octanol–water partition coefficient (Wildman–Crippen LogP) is 5.02. The predicted molar refractivity (Wildman–Crippen MR) is 190 cm³/mol. The third-order valence-corrected chi connectivity index (χ3v) is 13.3. The van der Waals surface area contributed by atoms with Crippen LogP contribution in [0.1, 0.15) is 86.3 Å². The molecule has 2 aliphatic heterocycles. The largest absolute Gasteiger partial charge is 0.478 e. The van der Waals surface area contributed by atoms with Crippen LogP contribution >= 0.6 is 23.1 Å². The number of nitrogens with zero attached hydrogens (tertiary/aromatic N) is 4. The Morgan fingerprint density at radius 2 is 1.80 bits per heavy atom. The van der Waals surface area contributed by atoms with E-state index in [-0.39, 0.29) is 66.8 Å². The van der Waals surface area contributed by atoms with Gasteiger partial charge in [-0.05, 0) is 91.0 Å². The smallest absolute Gasteiger partial charge is 0.350 e. The highest BCUT2D eigenvalue weighted by Crippen LogP contribution is 2.60. The van der Waals surface area contributed by atoms with Crippen molar-refractivity contribution in [3.05, 3.63) is 50.5 Å². The van der Waals surface area contributed by atoms with Gasteiger partial charge in [0.15, 0.2) is 17.3 Å². The molecule has 1 aromatic heterocycles. The van der Waals surface area contributed by atoms with Gasteiger partial charge >= 0.3 is 12.0 Å². The second-order valence-corrected chi connectivity index (χ2v) is 16.8. The highest BCUT2D eigenvalue weighted by molar-refractivity contribution is 8.02. The summed E-state index contributed by atoms with van der Waals surface area (Å²) in [6.45, 7) is 15.6. The summed E-state index contributed by atoms with van der Waals surface area (Å²) in [5.74, 6) is -4.10. The van der Waals surface area contributed by atoms with Gasteiger partial charge in [-0.1, -0.05) is 17.3 Å². The van der Waals surface area contributed by atoms with Crippen molar-refractivity contribution in [2.24, 2.45) is 17.0 Å². The number of rotatable bonds is 13. The number of aromatic nitrogens is 1. The molecule has 6 atom stereocenters. The van der Waals surface area contributed by atoms with E-state index >= 15 is 0 Å². The number of hydrogen-bond donors (Lipinski definition) is 1. The van der Waals surface area contributed by atoms with Crippen LogP contribution in [0, 0.1) is 39.5 Å². The van der Waals surface area contributed by atoms with Gasteiger partial charge in [-0.25, -0.2) is 14.6 Å². The summed E-state index contributed by atoms with van der Waals surface area (Å²) >= 11 is 2.54. The molecule has 3 aliphatic rings. The maximum Gasteiger partial charge on any atom is 0.350 e. The minimum atomic E-state index is -1.72. The zero-order valence-corrected chi connectivity index (χ0v) is 31.5. The summed E-state index contributed by atoms with van der Waals surface area (Å²) in [5, 5.41) is 15.3. The summed E-state index contributed by atoms with van der Waals surface area (Å²) < 4.78 is 0. The number of urea groups is 1. The number of Topliss-reactive ketones (excluding diaryl/α,β-unsaturated/α-hetero) is 4. The fourth-order valence-electron chi connectivity index (χ4n) is 7.07. The van der Waals surface area contributed by atoms with Gasteiger partial charge in [-0.15, -0.1) is 23.1 Å². The zero-order chi connectivity index (χ0) is 37.0. The van der Waals surface area contributed by atoms with Gasteiger partial charge in [0.1, 0.15) is 22.1 Å². The summed E-state index contributed by atoms with van der Waals surface area (Å²) in [4.78, 5) is 91.1. The number of aliphatic carboxylic acids is 1. The summed E-state index contributed by atoms with van der Waals surface area (Å²) in [5.41, 5.74) is 2.42. The third kappa shape index (κ3) is 6.52. The highest BCUT2D eigenvalue weighted by atomic mass is 32.2. The van der Waals surface area contributed by atoms with Crippen molar-refractivity contribution in [2.45, 2.75) is 103 Å². The Kier molecular flexibility index (Phi) is 10.2. The van der Waals surface area contributed by atoms with Crippen LogP contribution in [0.2, 0.25) is 0 Å². The number of amides is 2. The van der Waals surface area contributed by atoms with Gasteiger partial charge in [0.2, 0.25) is 5.60 Å². The van der Waals surface area contributed by atoms with E-state index in [2.05, 4.69) is 10.1 Å². The van der Waals surface area contributed by atoms with E-state index in [0.717, 1.165) is 22.3 Å². The molecule has 12 nitrogen and oxygen atoms in total. The van der Waals surface area contributed by atoms with Crippen molar-refractivity contribution < 1.29 is 38.7 Å². The number of thioether (sulfide) groups is 1. The molecule has 2 aromatic rings. The second kappa shape index (κ2) is 13.7. The van der Waals surface area contributed by atoms with Crippen LogP contribution in [0.3, 0.4) is 0 Å². The van der Waals surface area contributed by atoms with Crippen LogP contribution in [-0.4, -0.2) is 95.6 Å². The first-order valence-electron chi connectivity index (χ1n) is 16.6. The second-order valence-electron chi connectivity index (χ2n) is 14.2. The van der Waals surface area contributed by atoms with E-state index in [1.807, 2.05) is 39.8 Å². The maximum absolute atomic E-state index is 14.2. The first-order chi connectivity index (χ1) is 23.3. The van der Waals surface area contributed by atoms with E-state index in [9.17, 15) is 33.9 Å². The van der Waals surface area contributed by atoms with E-state index in [4.69, 9.17) is 4.84 Å². The Morgan fingerprint density at radius 1 is 1.12 bits per heavy atom. The Morgan fingerprint density at radius 3 is 2.38 bits per heavy atom. The molecule has 2 saturated heterocycles. The fraction of sp³-hybridized carbons (Fsp3) is 0.556. The van der Waals surface area contributed by atoms with Gasteiger partial charge in [-0.3, -0.25) is 19.2 Å². The number of carboxylic acid groups (broad SMARTS) is 1. The average molecular weight is 725 g/mol. The average Bonchev–Trinajstić information content (AvgIpc) is 3.72. The Labute approximate surface area is 300 Å². The highest BCUT2D eigenvalue weighted by Gasteiger charge is 2.66. The quantitative estimate of drug-likeness (QED) is 0.219. The molecule has 0 spiro atoms. The molecule has 3 heterocycles. The Balaban J connectivity index is 1.36. The summed E-state index contributed by atoms with van der Waals surface area (Å²) in [6.07, 6.45) is -0.0959. The number of aryl methyl sites for hydroxylation is 2. The monoisotopic (exact) mass is 724 g/mol. The number of ketones is 4. The lowest BCUT2D eigenvalue weighted by Crippen LogP contribution is -2.52. The van der Waals surface area contributed by atoms with Crippen molar-refractivity contribution in [3.8, 4) is 0 Å². The SMILES string of the molecule is CC(=O)C(CN1C(=O)N([C@]2(C(C)=O)CC3C(=O)[C@@H](CC(=O)/C(=N\OC(C)(C)C(=O)O)c4csc(C)n4)[C@H]3S2)CC1C)c1ccc(C)c(C)c1C. The number of benzene rings is 1. The number of thiazole rings is 1. The molecule has 50 heavy (non-hydrogen) atoms. The van der Waals surface area contributed by atoms with Gasteiger partial charge in [-0.2, -0.15) is 0 Å². The van der Waals surface area contributed by atoms with Crippen molar-refractivity contribution in [2.75, 3.05) is 13.1 Å². The van der Waals surface area contributed by atoms with Gasteiger partial charge < -0.3 is 19.7 Å². The lowest BCUT2D eigenvalue weighted by atomic mass is 9.68. The zero-order valence-electron chi connectivity index (χ0n) is 29.9. The minimum absolute atomic E-state index is 0.0601. The van der Waals surface area contributed by atoms with E-state index in [0.29, 0.717) is 5.01 Å². The van der Waals surface area contributed by atoms with Gasteiger partial charge in [0, 0.05) is 48.0 Å². The lowest BCUT2D eigenvalue weighted by molar-refractivity contribution is -0.161. The molecule has 0 bridgehead atoms. The molecule has 1 N–H and O–H groups in total.